The number of methoxy groups -OCH3 is 1. The summed E-state index contributed by atoms with van der Waals surface area (Å²) >= 11 is 0. The van der Waals surface area contributed by atoms with E-state index < -0.39 is 41.3 Å². The summed E-state index contributed by atoms with van der Waals surface area (Å²) in [5.41, 5.74) is -0.651. The van der Waals surface area contributed by atoms with Gasteiger partial charge in [-0.2, -0.15) is 13.2 Å². The Balaban J connectivity index is 2.62. The predicted molar refractivity (Wildman–Crippen MR) is 65.2 cm³/mol. The van der Waals surface area contributed by atoms with E-state index in [0.717, 1.165) is 13.2 Å². The van der Waals surface area contributed by atoms with Gasteiger partial charge in [-0.25, -0.2) is 13.6 Å². The van der Waals surface area contributed by atoms with Crippen molar-refractivity contribution in [1.82, 2.24) is 5.32 Å². The summed E-state index contributed by atoms with van der Waals surface area (Å²) in [7, 11) is 0.892. The van der Waals surface area contributed by atoms with Crippen molar-refractivity contribution in [3.8, 4) is 0 Å². The number of aryl methyl sites for hydroxylation is 1. The number of ether oxygens (including phenoxy) is 1. The van der Waals surface area contributed by atoms with Gasteiger partial charge in [0.05, 0.1) is 7.11 Å². The Morgan fingerprint density at radius 2 is 1.95 bits per heavy atom. The molecule has 0 fully saturated rings. The van der Waals surface area contributed by atoms with Crippen molar-refractivity contribution in [2.45, 2.75) is 19.1 Å². The van der Waals surface area contributed by atoms with Crippen molar-refractivity contribution >= 4 is 17.1 Å². The van der Waals surface area contributed by atoms with Crippen LogP contribution in [-0.4, -0.2) is 19.4 Å². The lowest BCUT2D eigenvalue weighted by Gasteiger charge is -2.19. The Morgan fingerprint density at radius 3 is 2.50 bits per heavy atom. The molecule has 2 rings (SSSR count). The zero-order chi connectivity index (χ0) is 16.7. The average molecular weight is 323 g/mol. The molecule has 4 nitrogen and oxygen atoms in total. The molecule has 1 atom stereocenters. The first kappa shape index (κ1) is 16.1. The van der Waals surface area contributed by atoms with Gasteiger partial charge >= 0.3 is 12.3 Å². The molecule has 0 aliphatic rings. The molecule has 0 radical (unpaired) electrons. The number of halogens is 5. The highest BCUT2D eigenvalue weighted by atomic mass is 19.4. The van der Waals surface area contributed by atoms with Crippen LogP contribution in [0.2, 0.25) is 0 Å². The molecule has 0 aliphatic heterocycles. The van der Waals surface area contributed by atoms with Crippen LogP contribution in [-0.2, 0) is 4.74 Å². The van der Waals surface area contributed by atoms with Crippen LogP contribution in [0.4, 0.5) is 26.7 Å². The van der Waals surface area contributed by atoms with Crippen LogP contribution in [0.25, 0.3) is 11.0 Å². The molecule has 1 aromatic heterocycles. The largest absolute Gasteiger partial charge is 0.455 e. The molecule has 0 aliphatic carbocycles. The second-order valence-corrected chi connectivity index (χ2v) is 4.47. The first-order valence-electron chi connectivity index (χ1n) is 5.94. The minimum Gasteiger partial charge on any atom is -0.455 e. The zero-order valence-corrected chi connectivity index (χ0v) is 11.3. The molecule has 22 heavy (non-hydrogen) atoms. The number of alkyl halides is 3. The first-order chi connectivity index (χ1) is 10.1. The highest BCUT2D eigenvalue weighted by Gasteiger charge is 2.45. The van der Waals surface area contributed by atoms with E-state index in [9.17, 15) is 26.7 Å². The quantitative estimate of drug-likeness (QED) is 0.851. The van der Waals surface area contributed by atoms with Gasteiger partial charge in [-0.1, -0.05) is 0 Å². The molecule has 0 spiro atoms. The highest BCUT2D eigenvalue weighted by molar-refractivity contribution is 5.83. The Bertz CT molecular complexity index is 723. The summed E-state index contributed by atoms with van der Waals surface area (Å²) in [6.45, 7) is 1.21. The van der Waals surface area contributed by atoms with Gasteiger partial charge in [0.2, 0.25) is 0 Å². The van der Waals surface area contributed by atoms with Crippen molar-refractivity contribution in [2.75, 3.05) is 7.11 Å². The van der Waals surface area contributed by atoms with Gasteiger partial charge in [0, 0.05) is 17.0 Å². The third-order valence-electron chi connectivity index (χ3n) is 3.03. The number of fused-ring (bicyclic) bond motifs is 1. The lowest BCUT2D eigenvalue weighted by atomic mass is 10.1. The number of alkyl carbamates (subject to hydrolysis) is 1. The second-order valence-electron chi connectivity index (χ2n) is 4.47. The number of benzene rings is 1. The fourth-order valence-corrected chi connectivity index (χ4v) is 2.01. The summed E-state index contributed by atoms with van der Waals surface area (Å²) in [6, 6.07) is -1.20. The first-order valence-corrected chi connectivity index (χ1v) is 5.94. The predicted octanol–water partition coefficient (Wildman–Crippen LogP) is 3.98. The van der Waals surface area contributed by atoms with Crippen molar-refractivity contribution in [1.29, 1.82) is 0 Å². The number of carbonyl (C=O) groups is 1. The smallest absolute Gasteiger partial charge is 0.416 e. The molecular formula is C13H10F5NO3. The van der Waals surface area contributed by atoms with Gasteiger partial charge in [0.25, 0.3) is 0 Å². The highest BCUT2D eigenvalue weighted by Crippen LogP contribution is 2.39. The SMILES string of the molecule is COC(=O)N[C@H](c1oc2c(F)cc(F)cc2c1C)C(F)(F)F. The van der Waals surface area contributed by atoms with Gasteiger partial charge in [-0.15, -0.1) is 0 Å². The summed E-state index contributed by atoms with van der Waals surface area (Å²) in [5, 5.41) is 1.42. The van der Waals surface area contributed by atoms with Crippen LogP contribution >= 0.6 is 0 Å². The summed E-state index contributed by atoms with van der Waals surface area (Å²) < 4.78 is 75.1. The van der Waals surface area contributed by atoms with Gasteiger partial charge < -0.3 is 14.5 Å². The Kier molecular flexibility index (Phi) is 3.99. The third kappa shape index (κ3) is 2.83. The van der Waals surface area contributed by atoms with Crippen LogP contribution in [0.1, 0.15) is 17.4 Å². The van der Waals surface area contributed by atoms with Crippen LogP contribution in [0, 0.1) is 18.6 Å². The van der Waals surface area contributed by atoms with E-state index in [1.165, 1.54) is 6.92 Å². The van der Waals surface area contributed by atoms with E-state index in [-0.39, 0.29) is 10.9 Å². The van der Waals surface area contributed by atoms with Crippen LogP contribution in [0.5, 0.6) is 0 Å². The lowest BCUT2D eigenvalue weighted by molar-refractivity contribution is -0.159. The maximum absolute atomic E-state index is 13.6. The fourth-order valence-electron chi connectivity index (χ4n) is 2.01. The van der Waals surface area contributed by atoms with Crippen molar-refractivity contribution in [3.05, 3.63) is 35.1 Å². The van der Waals surface area contributed by atoms with Crippen molar-refractivity contribution < 1.29 is 35.9 Å². The van der Waals surface area contributed by atoms with E-state index in [2.05, 4.69) is 4.74 Å². The Hall–Kier alpha value is -2.32. The van der Waals surface area contributed by atoms with E-state index in [0.29, 0.717) is 6.07 Å². The number of hydrogen-bond donors (Lipinski definition) is 1. The minimum absolute atomic E-state index is 0.132. The molecular weight excluding hydrogens is 313 g/mol. The van der Waals surface area contributed by atoms with Gasteiger partial charge in [0.15, 0.2) is 17.4 Å². The average Bonchev–Trinajstić information content (AvgIpc) is 2.72. The van der Waals surface area contributed by atoms with Crippen molar-refractivity contribution in [2.24, 2.45) is 0 Å². The Labute approximate surface area is 120 Å². The maximum atomic E-state index is 13.6. The molecule has 0 saturated carbocycles. The van der Waals surface area contributed by atoms with Gasteiger partial charge in [0.1, 0.15) is 11.6 Å². The zero-order valence-electron chi connectivity index (χ0n) is 11.3. The molecule has 120 valence electrons. The van der Waals surface area contributed by atoms with Crippen LogP contribution < -0.4 is 5.32 Å². The summed E-state index contributed by atoms with van der Waals surface area (Å²) in [5.74, 6) is -2.83. The summed E-state index contributed by atoms with van der Waals surface area (Å²) in [4.78, 5) is 11.1. The van der Waals surface area contributed by atoms with E-state index in [1.807, 2.05) is 0 Å². The molecule has 1 N–H and O–H groups in total. The molecule has 0 saturated heterocycles. The van der Waals surface area contributed by atoms with E-state index in [1.54, 1.807) is 5.32 Å². The molecule has 2 aromatic rings. The number of rotatable bonds is 2. The molecule has 0 bridgehead atoms. The van der Waals surface area contributed by atoms with Crippen LogP contribution in [0.3, 0.4) is 0 Å². The minimum atomic E-state index is -4.91. The number of hydrogen-bond acceptors (Lipinski definition) is 3. The number of nitrogens with one attached hydrogen (secondary N) is 1. The topological polar surface area (TPSA) is 51.5 Å². The van der Waals surface area contributed by atoms with Crippen molar-refractivity contribution in [3.63, 3.8) is 0 Å². The molecule has 9 heteroatoms. The molecule has 1 heterocycles. The Morgan fingerprint density at radius 1 is 1.32 bits per heavy atom. The normalized spacial score (nSPS) is 13.2. The number of carbonyl (C=O) groups excluding carboxylic acids is 1. The third-order valence-corrected chi connectivity index (χ3v) is 3.03. The van der Waals surface area contributed by atoms with Crippen LogP contribution in [0.15, 0.2) is 16.5 Å². The summed E-state index contributed by atoms with van der Waals surface area (Å²) in [6.07, 6.45) is -6.25. The number of furan rings is 1. The molecule has 1 aromatic carbocycles. The van der Waals surface area contributed by atoms with Gasteiger partial charge in [-0.05, 0) is 13.0 Å². The van der Waals surface area contributed by atoms with E-state index in [4.69, 9.17) is 4.42 Å². The standard InChI is InChI=1S/C13H10F5NO3/c1-5-7-3-6(14)4-8(15)10(7)22-9(5)11(13(16,17)18)19-12(20)21-2/h3-4,11H,1-2H3,(H,19,20)/t11-/m1/s1. The molecule has 0 unspecified atom stereocenters. The monoisotopic (exact) mass is 323 g/mol. The fraction of sp³-hybridized carbons (Fsp3) is 0.308. The molecule has 1 amide bonds. The second kappa shape index (κ2) is 5.47. The van der Waals surface area contributed by atoms with E-state index >= 15 is 0 Å². The maximum Gasteiger partial charge on any atom is 0.416 e. The number of amides is 1. The van der Waals surface area contributed by atoms with Gasteiger partial charge in [-0.3, -0.25) is 0 Å². The lowest BCUT2D eigenvalue weighted by Crippen LogP contribution is -2.38.